The highest BCUT2D eigenvalue weighted by Gasteiger charge is 2.20. The van der Waals surface area contributed by atoms with E-state index in [9.17, 15) is 22.8 Å². The normalized spacial score (nSPS) is 11.8. The summed E-state index contributed by atoms with van der Waals surface area (Å²) in [6.07, 6.45) is 1.54. The van der Waals surface area contributed by atoms with E-state index in [4.69, 9.17) is 0 Å². The maximum atomic E-state index is 13.6. The van der Waals surface area contributed by atoms with Gasteiger partial charge in [0.2, 0.25) is 11.8 Å². The van der Waals surface area contributed by atoms with Gasteiger partial charge in [-0.3, -0.25) is 14.2 Å². The van der Waals surface area contributed by atoms with Crippen LogP contribution >= 0.6 is 11.8 Å². The lowest BCUT2D eigenvalue weighted by molar-refractivity contribution is -0.123. The summed E-state index contributed by atoms with van der Waals surface area (Å²) in [5.74, 6) is -5.83. The Morgan fingerprint density at radius 1 is 1.13 bits per heavy atom. The lowest BCUT2D eigenvalue weighted by Gasteiger charge is -2.13. The van der Waals surface area contributed by atoms with Crippen molar-refractivity contribution in [1.29, 1.82) is 0 Å². The molecule has 0 spiro atoms. The first-order chi connectivity index (χ1) is 14.8. The topological polar surface area (TPSA) is 88.9 Å². The number of benzene rings is 2. The van der Waals surface area contributed by atoms with E-state index in [1.165, 1.54) is 0 Å². The summed E-state index contributed by atoms with van der Waals surface area (Å²) in [4.78, 5) is 24.3. The maximum Gasteiger partial charge on any atom is 0.243 e. The van der Waals surface area contributed by atoms with Crippen molar-refractivity contribution in [3.63, 3.8) is 0 Å². The standard InChI is InChI=1S/C20H18F3N5O2S/c1-11-5-3-4-6-15(11)28-10-25-27-20(28)31-12(2)19(30)24-9-16(29)26-14-8-7-13(21)17(22)18(14)23/h3-8,10,12H,9H2,1-2H3,(H,24,30)(H,26,29). The van der Waals surface area contributed by atoms with Crippen LogP contribution in [-0.4, -0.2) is 38.4 Å². The van der Waals surface area contributed by atoms with Crippen molar-refractivity contribution in [2.45, 2.75) is 24.3 Å². The minimum Gasteiger partial charge on any atom is -0.346 e. The van der Waals surface area contributed by atoms with E-state index in [1.807, 2.05) is 31.2 Å². The predicted molar refractivity (Wildman–Crippen MR) is 109 cm³/mol. The van der Waals surface area contributed by atoms with E-state index in [0.717, 1.165) is 29.1 Å². The van der Waals surface area contributed by atoms with Gasteiger partial charge < -0.3 is 10.6 Å². The molecule has 2 N–H and O–H groups in total. The van der Waals surface area contributed by atoms with Gasteiger partial charge in [-0.1, -0.05) is 30.0 Å². The number of aryl methyl sites for hydroxylation is 1. The van der Waals surface area contributed by atoms with Crippen molar-refractivity contribution < 1.29 is 22.8 Å². The van der Waals surface area contributed by atoms with Gasteiger partial charge >= 0.3 is 0 Å². The van der Waals surface area contributed by atoms with E-state index < -0.39 is 46.7 Å². The molecule has 0 aliphatic heterocycles. The molecule has 0 bridgehead atoms. The fourth-order valence-corrected chi connectivity index (χ4v) is 3.50. The third-order valence-electron chi connectivity index (χ3n) is 4.28. The number of nitrogens with zero attached hydrogens (tertiary/aromatic N) is 3. The number of thioether (sulfide) groups is 1. The highest BCUT2D eigenvalue weighted by molar-refractivity contribution is 8.00. The maximum absolute atomic E-state index is 13.6. The fraction of sp³-hybridized carbons (Fsp3) is 0.200. The number of hydrogen-bond donors (Lipinski definition) is 2. The molecular weight excluding hydrogens is 431 g/mol. The molecule has 7 nitrogen and oxygen atoms in total. The summed E-state index contributed by atoms with van der Waals surface area (Å²) in [6, 6.07) is 9.20. The van der Waals surface area contributed by atoms with E-state index >= 15 is 0 Å². The number of carbonyl (C=O) groups excluding carboxylic acids is 2. The molecule has 1 unspecified atom stereocenters. The van der Waals surface area contributed by atoms with Gasteiger partial charge in [0.25, 0.3) is 0 Å². The minimum absolute atomic E-state index is 0.467. The van der Waals surface area contributed by atoms with Gasteiger partial charge in [0.05, 0.1) is 23.2 Å². The summed E-state index contributed by atoms with van der Waals surface area (Å²) in [5, 5.41) is 12.3. The summed E-state index contributed by atoms with van der Waals surface area (Å²) < 4.78 is 41.6. The van der Waals surface area contributed by atoms with Crippen LogP contribution in [0.3, 0.4) is 0 Å². The van der Waals surface area contributed by atoms with Gasteiger partial charge in [-0.25, -0.2) is 13.2 Å². The molecule has 1 atom stereocenters. The van der Waals surface area contributed by atoms with Gasteiger partial charge in [0.1, 0.15) is 6.33 Å². The number of halogens is 3. The average molecular weight is 449 g/mol. The molecule has 162 valence electrons. The fourth-order valence-electron chi connectivity index (χ4n) is 2.64. The Bertz CT molecular complexity index is 1120. The smallest absolute Gasteiger partial charge is 0.243 e. The molecule has 0 aliphatic rings. The van der Waals surface area contributed by atoms with Crippen LogP contribution in [-0.2, 0) is 9.59 Å². The first-order valence-corrected chi connectivity index (χ1v) is 9.99. The molecule has 2 aromatic carbocycles. The molecule has 1 heterocycles. The van der Waals surface area contributed by atoms with Crippen LogP contribution < -0.4 is 10.6 Å². The second kappa shape index (κ2) is 9.65. The number of aromatic nitrogens is 3. The monoisotopic (exact) mass is 449 g/mol. The van der Waals surface area contributed by atoms with Crippen LogP contribution in [0.15, 0.2) is 47.9 Å². The highest BCUT2D eigenvalue weighted by atomic mass is 32.2. The van der Waals surface area contributed by atoms with Crippen LogP contribution in [0.5, 0.6) is 0 Å². The first kappa shape index (κ1) is 22.3. The van der Waals surface area contributed by atoms with Crippen molar-refractivity contribution >= 4 is 29.3 Å². The van der Waals surface area contributed by atoms with E-state index in [-0.39, 0.29) is 0 Å². The van der Waals surface area contributed by atoms with Crippen molar-refractivity contribution in [2.24, 2.45) is 0 Å². The van der Waals surface area contributed by atoms with Crippen molar-refractivity contribution in [2.75, 3.05) is 11.9 Å². The van der Waals surface area contributed by atoms with Crippen molar-refractivity contribution in [3.05, 3.63) is 65.7 Å². The Hall–Kier alpha value is -3.34. The van der Waals surface area contributed by atoms with Gasteiger partial charge in [0, 0.05) is 0 Å². The molecule has 1 aromatic heterocycles. The number of hydrogen-bond acceptors (Lipinski definition) is 5. The molecule has 2 amide bonds. The summed E-state index contributed by atoms with van der Waals surface area (Å²) >= 11 is 1.14. The van der Waals surface area contributed by atoms with Gasteiger partial charge in [-0.15, -0.1) is 10.2 Å². The molecule has 3 aromatic rings. The van der Waals surface area contributed by atoms with Crippen LogP contribution in [0, 0.1) is 24.4 Å². The molecule has 31 heavy (non-hydrogen) atoms. The van der Waals surface area contributed by atoms with E-state index in [1.54, 1.807) is 17.8 Å². The number of amides is 2. The lowest BCUT2D eigenvalue weighted by Crippen LogP contribution is -2.37. The van der Waals surface area contributed by atoms with Gasteiger partial charge in [0.15, 0.2) is 22.6 Å². The zero-order chi connectivity index (χ0) is 22.5. The Labute approximate surface area is 180 Å². The number of carbonyl (C=O) groups is 2. The molecule has 0 fully saturated rings. The van der Waals surface area contributed by atoms with Crippen LogP contribution in [0.2, 0.25) is 0 Å². The van der Waals surface area contributed by atoms with Gasteiger partial charge in [-0.2, -0.15) is 0 Å². The summed E-state index contributed by atoms with van der Waals surface area (Å²) in [7, 11) is 0. The molecule has 0 radical (unpaired) electrons. The first-order valence-electron chi connectivity index (χ1n) is 9.11. The molecule has 0 saturated carbocycles. The molecular formula is C20H18F3N5O2S. The van der Waals surface area contributed by atoms with E-state index in [0.29, 0.717) is 11.2 Å². The second-order valence-electron chi connectivity index (χ2n) is 6.52. The Morgan fingerprint density at radius 3 is 2.61 bits per heavy atom. The average Bonchev–Trinajstić information content (AvgIpc) is 3.20. The number of para-hydroxylation sites is 1. The number of rotatable bonds is 7. The van der Waals surface area contributed by atoms with Crippen LogP contribution in [0.1, 0.15) is 12.5 Å². The third kappa shape index (κ3) is 5.23. The predicted octanol–water partition coefficient (Wildman–Crippen LogP) is 3.23. The summed E-state index contributed by atoms with van der Waals surface area (Å²) in [6.45, 7) is 3.09. The Morgan fingerprint density at radius 2 is 1.87 bits per heavy atom. The van der Waals surface area contributed by atoms with Gasteiger partial charge in [-0.05, 0) is 37.6 Å². The molecule has 3 rings (SSSR count). The lowest BCUT2D eigenvalue weighted by atomic mass is 10.2. The Balaban J connectivity index is 1.57. The SMILES string of the molecule is Cc1ccccc1-n1cnnc1SC(C)C(=O)NCC(=O)Nc1ccc(F)c(F)c1F. The van der Waals surface area contributed by atoms with E-state index in [2.05, 4.69) is 20.8 Å². The highest BCUT2D eigenvalue weighted by Crippen LogP contribution is 2.25. The second-order valence-corrected chi connectivity index (χ2v) is 7.83. The molecule has 0 aliphatic carbocycles. The molecule has 0 saturated heterocycles. The van der Waals surface area contributed by atoms with Crippen LogP contribution in [0.25, 0.3) is 5.69 Å². The van der Waals surface area contributed by atoms with Crippen molar-refractivity contribution in [3.8, 4) is 5.69 Å². The number of nitrogens with one attached hydrogen (secondary N) is 2. The Kier molecular flexibility index (Phi) is 6.95. The zero-order valence-corrected chi connectivity index (χ0v) is 17.3. The zero-order valence-electron chi connectivity index (χ0n) is 16.5. The molecule has 11 heteroatoms. The van der Waals surface area contributed by atoms with Crippen LogP contribution in [0.4, 0.5) is 18.9 Å². The number of anilines is 1. The largest absolute Gasteiger partial charge is 0.346 e. The summed E-state index contributed by atoms with van der Waals surface area (Å²) in [5.41, 5.74) is 1.35. The minimum atomic E-state index is -1.69. The quantitative estimate of drug-likeness (QED) is 0.427. The van der Waals surface area contributed by atoms with Crippen molar-refractivity contribution in [1.82, 2.24) is 20.1 Å². The third-order valence-corrected chi connectivity index (χ3v) is 5.33.